The summed E-state index contributed by atoms with van der Waals surface area (Å²) in [4.78, 5) is 2.42. The molecule has 1 spiro atoms. The van der Waals surface area contributed by atoms with Gasteiger partial charge in [-0.15, -0.1) is 21.5 Å². The van der Waals surface area contributed by atoms with Crippen molar-refractivity contribution in [2.75, 3.05) is 13.1 Å². The Balaban J connectivity index is 1.48. The fraction of sp³-hybridized carbons (Fsp3) is 0.333. The normalized spacial score (nSPS) is 19.7. The summed E-state index contributed by atoms with van der Waals surface area (Å²) < 4.78 is 0. The Bertz CT molecular complexity index is 892. The summed E-state index contributed by atoms with van der Waals surface area (Å²) in [5.41, 5.74) is 2.05. The van der Waals surface area contributed by atoms with E-state index in [0.29, 0.717) is 11.3 Å². The van der Waals surface area contributed by atoms with E-state index < -0.39 is 0 Å². The number of phenols is 1. The molecule has 0 bridgehead atoms. The smallest absolute Gasteiger partial charge is 0.146 e. The topological polar surface area (TPSA) is 58.0 Å². The van der Waals surface area contributed by atoms with Crippen molar-refractivity contribution >= 4 is 21.6 Å². The molecular formula is C18H17N3OS. The fourth-order valence-corrected chi connectivity index (χ4v) is 4.91. The molecule has 3 heterocycles. The third-order valence-corrected chi connectivity index (χ3v) is 6.44. The highest BCUT2D eigenvalue weighted by Gasteiger charge is 2.49. The lowest BCUT2D eigenvalue weighted by atomic mass is 9.58. The lowest BCUT2D eigenvalue weighted by Gasteiger charge is -2.54. The number of hydrogen-bond donors (Lipinski definition) is 2. The predicted molar refractivity (Wildman–Crippen MR) is 91.8 cm³/mol. The van der Waals surface area contributed by atoms with Gasteiger partial charge in [-0.1, -0.05) is 12.1 Å². The molecule has 2 fully saturated rings. The van der Waals surface area contributed by atoms with Gasteiger partial charge in [-0.25, -0.2) is 0 Å². The molecule has 1 aliphatic heterocycles. The minimum atomic E-state index is 0.245. The first kappa shape index (κ1) is 13.5. The second kappa shape index (κ2) is 4.76. The van der Waals surface area contributed by atoms with Crippen molar-refractivity contribution in [1.29, 1.82) is 0 Å². The van der Waals surface area contributed by atoms with E-state index in [-0.39, 0.29) is 5.75 Å². The lowest BCUT2D eigenvalue weighted by molar-refractivity contribution is 0.0376. The van der Waals surface area contributed by atoms with Crippen LogP contribution in [0.3, 0.4) is 0 Å². The van der Waals surface area contributed by atoms with E-state index in [1.165, 1.54) is 30.8 Å². The number of rotatable bonds is 2. The van der Waals surface area contributed by atoms with Crippen molar-refractivity contribution in [3.63, 3.8) is 0 Å². The van der Waals surface area contributed by atoms with Crippen LogP contribution in [0.5, 0.6) is 5.75 Å². The Morgan fingerprint density at radius 2 is 1.96 bits per heavy atom. The van der Waals surface area contributed by atoms with Gasteiger partial charge in [-0.3, -0.25) is 0 Å². The Kier molecular flexibility index (Phi) is 2.78. The van der Waals surface area contributed by atoms with Crippen molar-refractivity contribution < 1.29 is 5.11 Å². The number of hydrogen-bond acceptors (Lipinski definition) is 5. The summed E-state index contributed by atoms with van der Waals surface area (Å²) in [7, 11) is 0. The Morgan fingerprint density at radius 1 is 1.13 bits per heavy atom. The van der Waals surface area contributed by atoms with Gasteiger partial charge in [0, 0.05) is 28.9 Å². The van der Waals surface area contributed by atoms with E-state index in [1.807, 2.05) is 24.3 Å². The number of phenolic OH excluding ortho intramolecular Hbond substituents is 1. The molecule has 2 aromatic heterocycles. The van der Waals surface area contributed by atoms with E-state index in [9.17, 15) is 5.11 Å². The Hall–Kier alpha value is -1.98. The molecule has 0 radical (unpaired) electrons. The summed E-state index contributed by atoms with van der Waals surface area (Å²) in [6, 6.07) is 11.6. The van der Waals surface area contributed by atoms with Crippen LogP contribution >= 0.6 is 11.3 Å². The number of para-hydroxylation sites is 1. The van der Waals surface area contributed by atoms with Gasteiger partial charge >= 0.3 is 0 Å². The van der Waals surface area contributed by atoms with Gasteiger partial charge in [0.25, 0.3) is 0 Å². The molecule has 0 unspecified atom stereocenters. The van der Waals surface area contributed by atoms with Crippen molar-refractivity contribution in [3.8, 4) is 17.0 Å². The van der Waals surface area contributed by atoms with Gasteiger partial charge in [0.2, 0.25) is 0 Å². The van der Waals surface area contributed by atoms with Gasteiger partial charge in [0.05, 0.1) is 5.69 Å². The molecule has 1 saturated heterocycles. The predicted octanol–water partition coefficient (Wildman–Crippen LogP) is 3.53. The molecule has 2 N–H and O–H groups in total. The van der Waals surface area contributed by atoms with Gasteiger partial charge in [0.15, 0.2) is 0 Å². The van der Waals surface area contributed by atoms with Gasteiger partial charge < -0.3 is 10.4 Å². The Morgan fingerprint density at radius 3 is 2.70 bits per heavy atom. The highest BCUT2D eigenvalue weighted by molar-refractivity contribution is 7.18. The molecular weight excluding hydrogens is 306 g/mol. The molecule has 5 rings (SSSR count). The van der Waals surface area contributed by atoms with Crippen LogP contribution in [0.15, 0.2) is 36.4 Å². The highest BCUT2D eigenvalue weighted by Crippen LogP contribution is 2.54. The van der Waals surface area contributed by atoms with Crippen LogP contribution in [0.4, 0.5) is 0 Å². The minimum absolute atomic E-state index is 0.245. The number of nitrogens with zero attached hydrogens (tertiary/aromatic N) is 2. The number of benzene rings is 1. The molecule has 1 aliphatic carbocycles. The summed E-state index contributed by atoms with van der Waals surface area (Å²) in [5, 5.41) is 23.2. The molecule has 116 valence electrons. The first-order valence-corrected chi connectivity index (χ1v) is 8.80. The molecule has 1 aromatic carbocycles. The molecule has 0 atom stereocenters. The summed E-state index contributed by atoms with van der Waals surface area (Å²) in [6.45, 7) is 2.37. The average Bonchev–Trinajstić information content (AvgIpc) is 2.87. The van der Waals surface area contributed by atoms with E-state index in [4.69, 9.17) is 0 Å². The van der Waals surface area contributed by atoms with Crippen LogP contribution in [0.25, 0.3) is 21.5 Å². The van der Waals surface area contributed by atoms with E-state index in [2.05, 4.69) is 21.6 Å². The maximum Gasteiger partial charge on any atom is 0.146 e. The van der Waals surface area contributed by atoms with Gasteiger partial charge in [0.1, 0.15) is 10.6 Å². The van der Waals surface area contributed by atoms with Crippen molar-refractivity contribution in [3.05, 3.63) is 41.3 Å². The van der Waals surface area contributed by atoms with Crippen LogP contribution in [0.2, 0.25) is 0 Å². The van der Waals surface area contributed by atoms with Crippen LogP contribution in [0, 0.1) is 5.41 Å². The Labute approximate surface area is 138 Å². The van der Waals surface area contributed by atoms with Crippen LogP contribution in [-0.4, -0.2) is 28.4 Å². The summed E-state index contributed by atoms with van der Waals surface area (Å²) in [5.74, 6) is 0.930. The summed E-state index contributed by atoms with van der Waals surface area (Å²) >= 11 is 1.77. The van der Waals surface area contributed by atoms with Crippen molar-refractivity contribution in [1.82, 2.24) is 15.5 Å². The van der Waals surface area contributed by atoms with Gasteiger partial charge in [-0.2, -0.15) is 0 Å². The number of thiophene rings is 1. The quantitative estimate of drug-likeness (QED) is 0.757. The highest BCUT2D eigenvalue weighted by atomic mass is 32.1. The van der Waals surface area contributed by atoms with Crippen LogP contribution in [0.1, 0.15) is 23.6 Å². The molecule has 2 aliphatic rings. The zero-order chi connectivity index (χ0) is 15.4. The third kappa shape index (κ3) is 2.07. The number of fused-ring (bicyclic) bond motifs is 1. The molecule has 1 saturated carbocycles. The monoisotopic (exact) mass is 323 g/mol. The first-order chi connectivity index (χ1) is 11.2. The lowest BCUT2D eigenvalue weighted by Crippen LogP contribution is -2.59. The van der Waals surface area contributed by atoms with E-state index in [1.54, 1.807) is 17.4 Å². The zero-order valence-corrected chi connectivity index (χ0v) is 13.4. The van der Waals surface area contributed by atoms with Crippen LogP contribution in [-0.2, 0) is 0 Å². The van der Waals surface area contributed by atoms with Crippen molar-refractivity contribution in [2.24, 2.45) is 5.41 Å². The average molecular weight is 323 g/mol. The maximum absolute atomic E-state index is 10.00. The molecule has 4 nitrogen and oxygen atoms in total. The standard InChI is InChI=1S/C18H17N3OS/c22-15-4-2-1-3-13(15)14-5-11-6-16(23-17(11)21-20-14)12-7-18(8-12)9-19-10-18/h1-6,12,19,22H,7-10H2. The maximum atomic E-state index is 10.00. The number of aromatic nitrogens is 2. The minimum Gasteiger partial charge on any atom is -0.507 e. The number of nitrogens with one attached hydrogen (secondary N) is 1. The van der Waals surface area contributed by atoms with Crippen LogP contribution < -0.4 is 5.32 Å². The molecule has 23 heavy (non-hydrogen) atoms. The second-order valence-corrected chi connectivity index (χ2v) is 7.93. The van der Waals surface area contributed by atoms with Crippen molar-refractivity contribution in [2.45, 2.75) is 18.8 Å². The SMILES string of the molecule is Oc1ccccc1-c1cc2cc(C3CC4(CNC4)C3)sc2nn1. The molecule has 0 amide bonds. The fourth-order valence-electron chi connectivity index (χ4n) is 3.85. The van der Waals surface area contributed by atoms with E-state index in [0.717, 1.165) is 21.5 Å². The third-order valence-electron chi connectivity index (χ3n) is 5.24. The molecule has 5 heteroatoms. The largest absolute Gasteiger partial charge is 0.507 e. The molecule has 3 aromatic rings. The first-order valence-electron chi connectivity index (χ1n) is 7.99. The summed E-state index contributed by atoms with van der Waals surface area (Å²) in [6.07, 6.45) is 2.60. The number of aromatic hydroxyl groups is 1. The van der Waals surface area contributed by atoms with E-state index >= 15 is 0 Å². The second-order valence-electron chi connectivity index (χ2n) is 6.86. The van der Waals surface area contributed by atoms with Gasteiger partial charge in [-0.05, 0) is 48.4 Å². The zero-order valence-electron chi connectivity index (χ0n) is 12.6.